The lowest BCUT2D eigenvalue weighted by atomic mass is 10.3. The van der Waals surface area contributed by atoms with Crippen LogP contribution in [0.15, 0.2) is 4.52 Å². The molecule has 14 heavy (non-hydrogen) atoms. The van der Waals surface area contributed by atoms with E-state index in [-0.39, 0.29) is 0 Å². The third-order valence-corrected chi connectivity index (χ3v) is 2.42. The van der Waals surface area contributed by atoms with Gasteiger partial charge in [-0.2, -0.15) is 4.98 Å². The number of hydrogen-bond donors (Lipinski definition) is 1. The van der Waals surface area contributed by atoms with Crippen molar-refractivity contribution >= 4 is 0 Å². The molecule has 1 fully saturated rings. The van der Waals surface area contributed by atoms with Gasteiger partial charge in [-0.1, -0.05) is 5.16 Å². The summed E-state index contributed by atoms with van der Waals surface area (Å²) in [6, 6.07) is 0. The highest BCUT2D eigenvalue weighted by Gasteiger charge is 2.10. The van der Waals surface area contributed by atoms with Gasteiger partial charge < -0.3 is 14.7 Å². The molecule has 0 atom stereocenters. The Bertz CT molecular complexity index is 280. The predicted molar refractivity (Wildman–Crippen MR) is 52.0 cm³/mol. The van der Waals surface area contributed by atoms with E-state index < -0.39 is 0 Å². The summed E-state index contributed by atoms with van der Waals surface area (Å²) in [6.45, 7) is 7.27. The van der Waals surface area contributed by atoms with Crippen LogP contribution in [0.1, 0.15) is 11.7 Å². The van der Waals surface area contributed by atoms with E-state index in [0.717, 1.165) is 50.9 Å². The van der Waals surface area contributed by atoms with E-state index in [1.54, 1.807) is 0 Å². The van der Waals surface area contributed by atoms with Gasteiger partial charge in [0, 0.05) is 39.1 Å². The first kappa shape index (κ1) is 9.61. The van der Waals surface area contributed by atoms with Gasteiger partial charge in [0.1, 0.15) is 0 Å². The minimum Gasteiger partial charge on any atom is -0.339 e. The van der Waals surface area contributed by atoms with E-state index in [1.807, 2.05) is 6.92 Å². The van der Waals surface area contributed by atoms with Crippen LogP contribution >= 0.6 is 0 Å². The summed E-state index contributed by atoms with van der Waals surface area (Å²) in [5.41, 5.74) is 0. The highest BCUT2D eigenvalue weighted by atomic mass is 16.5. The summed E-state index contributed by atoms with van der Waals surface area (Å²) in [5, 5.41) is 7.09. The zero-order valence-corrected chi connectivity index (χ0v) is 8.49. The lowest BCUT2D eigenvalue weighted by Crippen LogP contribution is -2.44. The molecule has 2 heterocycles. The van der Waals surface area contributed by atoms with E-state index in [9.17, 15) is 0 Å². The van der Waals surface area contributed by atoms with E-state index in [1.165, 1.54) is 0 Å². The van der Waals surface area contributed by atoms with Crippen molar-refractivity contribution in [3.8, 4) is 0 Å². The second-order valence-corrected chi connectivity index (χ2v) is 3.58. The quantitative estimate of drug-likeness (QED) is 0.727. The first-order valence-corrected chi connectivity index (χ1v) is 5.07. The van der Waals surface area contributed by atoms with Crippen molar-refractivity contribution in [2.24, 2.45) is 0 Å². The Labute approximate surface area is 83.5 Å². The molecule has 0 bridgehead atoms. The van der Waals surface area contributed by atoms with Gasteiger partial charge in [0.15, 0.2) is 5.82 Å². The van der Waals surface area contributed by atoms with Crippen LogP contribution < -0.4 is 5.32 Å². The number of nitrogens with zero attached hydrogens (tertiary/aromatic N) is 3. The fraction of sp³-hybridized carbons (Fsp3) is 0.778. The zero-order chi connectivity index (χ0) is 9.80. The van der Waals surface area contributed by atoms with Crippen LogP contribution in [-0.4, -0.2) is 47.8 Å². The Morgan fingerprint density at radius 2 is 2.21 bits per heavy atom. The van der Waals surface area contributed by atoms with Gasteiger partial charge in [-0.05, 0) is 6.92 Å². The van der Waals surface area contributed by atoms with Crippen molar-refractivity contribution in [3.05, 3.63) is 11.7 Å². The van der Waals surface area contributed by atoms with Crippen LogP contribution in [0.4, 0.5) is 0 Å². The number of hydrogen-bond acceptors (Lipinski definition) is 5. The van der Waals surface area contributed by atoms with Crippen molar-refractivity contribution in [3.63, 3.8) is 0 Å². The Morgan fingerprint density at radius 1 is 1.43 bits per heavy atom. The molecule has 1 saturated heterocycles. The van der Waals surface area contributed by atoms with Crippen molar-refractivity contribution in [1.29, 1.82) is 0 Å². The van der Waals surface area contributed by atoms with Gasteiger partial charge in [-0.25, -0.2) is 0 Å². The average molecular weight is 196 g/mol. The van der Waals surface area contributed by atoms with Crippen LogP contribution in [0, 0.1) is 6.92 Å². The summed E-state index contributed by atoms with van der Waals surface area (Å²) >= 11 is 0. The van der Waals surface area contributed by atoms with Crippen LogP contribution in [0.3, 0.4) is 0 Å². The van der Waals surface area contributed by atoms with Crippen molar-refractivity contribution < 1.29 is 4.52 Å². The molecular formula is C9H16N4O. The summed E-state index contributed by atoms with van der Waals surface area (Å²) < 4.78 is 5.05. The predicted octanol–water partition coefficient (Wildman–Crippen LogP) is -0.174. The average Bonchev–Trinajstić information content (AvgIpc) is 2.63. The number of aromatic nitrogens is 2. The molecule has 0 amide bonds. The monoisotopic (exact) mass is 196 g/mol. The maximum absolute atomic E-state index is 5.05. The number of piperazine rings is 1. The molecule has 0 saturated carbocycles. The molecule has 0 unspecified atom stereocenters. The lowest BCUT2D eigenvalue weighted by molar-refractivity contribution is 0.234. The third-order valence-electron chi connectivity index (χ3n) is 2.42. The standard InChI is InChI=1S/C9H16N4O/c1-8-11-9(14-12-8)2-5-13-6-3-10-4-7-13/h10H,2-7H2,1H3. The van der Waals surface area contributed by atoms with Crippen molar-refractivity contribution in [1.82, 2.24) is 20.4 Å². The summed E-state index contributed by atoms with van der Waals surface area (Å²) in [4.78, 5) is 6.59. The molecule has 0 spiro atoms. The highest BCUT2D eigenvalue weighted by molar-refractivity contribution is 4.84. The lowest BCUT2D eigenvalue weighted by Gasteiger charge is -2.26. The fourth-order valence-electron chi connectivity index (χ4n) is 1.63. The highest BCUT2D eigenvalue weighted by Crippen LogP contribution is 2.00. The topological polar surface area (TPSA) is 54.2 Å². The molecule has 5 nitrogen and oxygen atoms in total. The van der Waals surface area contributed by atoms with Gasteiger partial charge in [-0.3, -0.25) is 0 Å². The molecule has 0 aliphatic carbocycles. The maximum Gasteiger partial charge on any atom is 0.227 e. The summed E-state index contributed by atoms with van der Waals surface area (Å²) in [6.07, 6.45) is 0.862. The van der Waals surface area contributed by atoms with Gasteiger partial charge in [0.05, 0.1) is 0 Å². The van der Waals surface area contributed by atoms with Gasteiger partial charge in [0.2, 0.25) is 5.89 Å². The second-order valence-electron chi connectivity index (χ2n) is 3.58. The molecule has 0 aromatic carbocycles. The van der Waals surface area contributed by atoms with Crippen LogP contribution in [0.5, 0.6) is 0 Å². The van der Waals surface area contributed by atoms with Crippen LogP contribution in [-0.2, 0) is 6.42 Å². The minimum atomic E-state index is 0.723. The zero-order valence-electron chi connectivity index (χ0n) is 8.49. The number of rotatable bonds is 3. The molecule has 2 rings (SSSR count). The molecule has 78 valence electrons. The Hall–Kier alpha value is -0.940. The molecule has 5 heteroatoms. The van der Waals surface area contributed by atoms with Crippen molar-refractivity contribution in [2.75, 3.05) is 32.7 Å². The molecule has 1 aliphatic heterocycles. The first-order valence-electron chi connectivity index (χ1n) is 5.07. The summed E-state index contributed by atoms with van der Waals surface area (Å²) in [7, 11) is 0. The first-order chi connectivity index (χ1) is 6.84. The second kappa shape index (κ2) is 4.52. The van der Waals surface area contributed by atoms with E-state index in [2.05, 4.69) is 20.4 Å². The van der Waals surface area contributed by atoms with Crippen LogP contribution in [0.25, 0.3) is 0 Å². The minimum absolute atomic E-state index is 0.723. The molecule has 1 aliphatic rings. The Morgan fingerprint density at radius 3 is 2.86 bits per heavy atom. The van der Waals surface area contributed by atoms with Crippen molar-refractivity contribution in [2.45, 2.75) is 13.3 Å². The number of nitrogens with one attached hydrogen (secondary N) is 1. The molecule has 1 aromatic rings. The Balaban J connectivity index is 1.76. The van der Waals surface area contributed by atoms with Gasteiger partial charge in [0.25, 0.3) is 0 Å². The van der Waals surface area contributed by atoms with E-state index >= 15 is 0 Å². The van der Waals surface area contributed by atoms with Crippen LogP contribution in [0.2, 0.25) is 0 Å². The van der Waals surface area contributed by atoms with Gasteiger partial charge >= 0.3 is 0 Å². The maximum atomic E-state index is 5.05. The summed E-state index contributed by atoms with van der Waals surface area (Å²) in [5.74, 6) is 1.47. The molecular weight excluding hydrogens is 180 g/mol. The normalized spacial score (nSPS) is 18.6. The molecule has 1 N–H and O–H groups in total. The SMILES string of the molecule is Cc1noc(CCN2CCNCC2)n1. The number of aryl methyl sites for hydroxylation is 1. The molecule has 0 radical (unpaired) electrons. The largest absolute Gasteiger partial charge is 0.339 e. The van der Waals surface area contributed by atoms with Gasteiger partial charge in [-0.15, -0.1) is 0 Å². The van der Waals surface area contributed by atoms with E-state index in [4.69, 9.17) is 4.52 Å². The third kappa shape index (κ3) is 2.52. The smallest absolute Gasteiger partial charge is 0.227 e. The van der Waals surface area contributed by atoms with E-state index in [0.29, 0.717) is 0 Å². The molecule has 1 aromatic heterocycles. The Kier molecular flexibility index (Phi) is 3.10. The fourth-order valence-corrected chi connectivity index (χ4v) is 1.63.